The van der Waals surface area contributed by atoms with Crippen LogP contribution in [0, 0.1) is 5.92 Å². The summed E-state index contributed by atoms with van der Waals surface area (Å²) in [4.78, 5) is 17.9. The highest BCUT2D eigenvalue weighted by Crippen LogP contribution is 2.32. The summed E-state index contributed by atoms with van der Waals surface area (Å²) < 4.78 is 5.58. The van der Waals surface area contributed by atoms with Crippen molar-refractivity contribution in [3.63, 3.8) is 0 Å². The second-order valence-electron chi connectivity index (χ2n) is 8.75. The van der Waals surface area contributed by atoms with Crippen LogP contribution in [-0.4, -0.2) is 39.2 Å². The van der Waals surface area contributed by atoms with Crippen LogP contribution in [0.2, 0.25) is 0 Å². The molecule has 6 heteroatoms. The lowest BCUT2D eigenvalue weighted by molar-refractivity contribution is -0.147. The number of carboxylic acid groups (broad SMARTS) is 1. The van der Waals surface area contributed by atoms with Gasteiger partial charge in [-0.2, -0.15) is 4.98 Å². The van der Waals surface area contributed by atoms with Crippen molar-refractivity contribution in [1.82, 2.24) is 15.0 Å². The maximum absolute atomic E-state index is 11.1. The van der Waals surface area contributed by atoms with E-state index < -0.39 is 5.97 Å². The predicted octanol–water partition coefficient (Wildman–Crippen LogP) is 5.20. The zero-order valence-electron chi connectivity index (χ0n) is 18.2. The van der Waals surface area contributed by atoms with E-state index in [1.165, 1.54) is 11.1 Å². The first-order chi connectivity index (χ1) is 15.5. The van der Waals surface area contributed by atoms with Gasteiger partial charge in [0.15, 0.2) is 0 Å². The second kappa shape index (κ2) is 8.20. The number of carbonyl (C=O) groups is 1. The Kier molecular flexibility index (Phi) is 5.23. The monoisotopic (exact) mass is 427 g/mol. The Balaban J connectivity index is 1.43. The fraction of sp³-hybridized carbons (Fsp3) is 0.269. The molecule has 0 amide bonds. The smallest absolute Gasteiger partial charge is 0.309 e. The molecule has 1 N–H and O–H groups in total. The first-order valence-corrected chi connectivity index (χ1v) is 10.9. The van der Waals surface area contributed by atoms with Gasteiger partial charge in [0.25, 0.3) is 5.89 Å². The summed E-state index contributed by atoms with van der Waals surface area (Å²) in [5, 5.41) is 15.6. The van der Waals surface area contributed by atoms with E-state index in [1.807, 2.05) is 30.3 Å². The van der Waals surface area contributed by atoms with Gasteiger partial charge in [0.2, 0.25) is 5.82 Å². The predicted molar refractivity (Wildman–Crippen MR) is 123 cm³/mol. The van der Waals surface area contributed by atoms with Gasteiger partial charge in [0, 0.05) is 30.8 Å². The Labute approximate surface area is 186 Å². The molecular weight excluding hydrogens is 402 g/mol. The molecule has 0 atom stereocenters. The van der Waals surface area contributed by atoms with Crippen molar-refractivity contribution in [3.8, 4) is 22.8 Å². The minimum Gasteiger partial charge on any atom is -0.481 e. The average Bonchev–Trinajstić information content (AvgIpc) is 3.25. The molecule has 0 unspecified atom stereocenters. The molecular formula is C26H25N3O3. The van der Waals surface area contributed by atoms with Crippen LogP contribution in [0.4, 0.5) is 0 Å². The summed E-state index contributed by atoms with van der Waals surface area (Å²) in [6, 6.07) is 20.5. The number of carboxylic acids is 1. The molecule has 1 saturated heterocycles. The number of benzene rings is 3. The minimum absolute atomic E-state index is 0.257. The van der Waals surface area contributed by atoms with Crippen LogP contribution < -0.4 is 0 Å². The SMILES string of the molecule is CC(C)c1ccc(-c2nc(-c3ccc(CN4CC(C(=O)O)C4)c4ccccc34)no2)cc1. The summed E-state index contributed by atoms with van der Waals surface area (Å²) in [6.45, 7) is 6.25. The zero-order valence-corrected chi connectivity index (χ0v) is 18.2. The second-order valence-corrected chi connectivity index (χ2v) is 8.75. The molecule has 1 fully saturated rings. The van der Waals surface area contributed by atoms with Crippen molar-refractivity contribution in [2.75, 3.05) is 13.1 Å². The van der Waals surface area contributed by atoms with E-state index in [0.29, 0.717) is 30.7 Å². The largest absolute Gasteiger partial charge is 0.481 e. The highest BCUT2D eigenvalue weighted by Gasteiger charge is 2.32. The lowest BCUT2D eigenvalue weighted by Crippen LogP contribution is -2.49. The molecule has 0 saturated carbocycles. The van der Waals surface area contributed by atoms with Gasteiger partial charge in [0.05, 0.1) is 5.92 Å². The topological polar surface area (TPSA) is 79.5 Å². The summed E-state index contributed by atoms with van der Waals surface area (Å²) in [6.07, 6.45) is 0. The maximum atomic E-state index is 11.1. The van der Waals surface area contributed by atoms with Crippen molar-refractivity contribution in [2.45, 2.75) is 26.3 Å². The Morgan fingerprint density at radius 3 is 2.47 bits per heavy atom. The van der Waals surface area contributed by atoms with E-state index >= 15 is 0 Å². The van der Waals surface area contributed by atoms with E-state index in [0.717, 1.165) is 28.4 Å². The molecule has 0 bridgehead atoms. The van der Waals surface area contributed by atoms with Crippen LogP contribution in [0.3, 0.4) is 0 Å². The van der Waals surface area contributed by atoms with E-state index in [4.69, 9.17) is 9.63 Å². The van der Waals surface area contributed by atoms with Gasteiger partial charge < -0.3 is 9.63 Å². The molecule has 6 nitrogen and oxygen atoms in total. The number of rotatable bonds is 6. The van der Waals surface area contributed by atoms with Crippen molar-refractivity contribution < 1.29 is 14.4 Å². The highest BCUT2D eigenvalue weighted by atomic mass is 16.5. The third-order valence-electron chi connectivity index (χ3n) is 6.21. The third-order valence-corrected chi connectivity index (χ3v) is 6.21. The minimum atomic E-state index is -0.715. The molecule has 5 rings (SSSR count). The van der Waals surface area contributed by atoms with Crippen LogP contribution in [0.5, 0.6) is 0 Å². The first-order valence-electron chi connectivity index (χ1n) is 10.9. The van der Waals surface area contributed by atoms with Gasteiger partial charge in [-0.1, -0.05) is 67.5 Å². The zero-order chi connectivity index (χ0) is 22.2. The van der Waals surface area contributed by atoms with Gasteiger partial charge in [-0.25, -0.2) is 0 Å². The van der Waals surface area contributed by atoms with Crippen LogP contribution in [0.1, 0.15) is 30.9 Å². The van der Waals surface area contributed by atoms with Crippen LogP contribution in [0.15, 0.2) is 65.2 Å². The Morgan fingerprint density at radius 1 is 1.06 bits per heavy atom. The molecule has 0 aliphatic carbocycles. The fourth-order valence-corrected chi connectivity index (χ4v) is 4.25. The highest BCUT2D eigenvalue weighted by molar-refractivity contribution is 5.97. The number of hydrogen-bond donors (Lipinski definition) is 1. The lowest BCUT2D eigenvalue weighted by atomic mass is 9.95. The summed E-state index contributed by atoms with van der Waals surface area (Å²) in [7, 11) is 0. The average molecular weight is 428 g/mol. The molecule has 0 radical (unpaired) electrons. The molecule has 3 aromatic carbocycles. The standard InChI is InChI=1S/C26H25N3O3/c1-16(2)17-7-9-18(10-8-17)25-27-24(28-32-25)23-12-11-19(21-5-3-4-6-22(21)23)13-29-14-20(15-29)26(30)31/h3-12,16,20H,13-15H2,1-2H3,(H,30,31). The van der Waals surface area contributed by atoms with E-state index in [9.17, 15) is 4.79 Å². The molecule has 1 aromatic heterocycles. The Hall–Kier alpha value is -3.51. The Morgan fingerprint density at radius 2 is 1.78 bits per heavy atom. The van der Waals surface area contributed by atoms with E-state index in [1.54, 1.807) is 0 Å². The summed E-state index contributed by atoms with van der Waals surface area (Å²) >= 11 is 0. The van der Waals surface area contributed by atoms with E-state index in [-0.39, 0.29) is 5.92 Å². The lowest BCUT2D eigenvalue weighted by Gasteiger charge is -2.36. The number of aliphatic carboxylic acids is 1. The van der Waals surface area contributed by atoms with E-state index in [2.05, 4.69) is 59.2 Å². The Bertz CT molecular complexity index is 1270. The summed E-state index contributed by atoms with van der Waals surface area (Å²) in [5.41, 5.74) is 4.26. The van der Waals surface area contributed by atoms with Gasteiger partial charge in [-0.15, -0.1) is 0 Å². The molecule has 4 aromatic rings. The molecule has 1 aliphatic rings. The van der Waals surface area contributed by atoms with Crippen molar-refractivity contribution >= 4 is 16.7 Å². The summed E-state index contributed by atoms with van der Waals surface area (Å²) in [5.74, 6) is 0.564. The molecule has 162 valence electrons. The number of likely N-dealkylation sites (tertiary alicyclic amines) is 1. The van der Waals surface area contributed by atoms with Crippen LogP contribution in [-0.2, 0) is 11.3 Å². The number of fused-ring (bicyclic) bond motifs is 1. The van der Waals surface area contributed by atoms with Crippen LogP contribution >= 0.6 is 0 Å². The molecule has 1 aliphatic heterocycles. The van der Waals surface area contributed by atoms with Gasteiger partial charge >= 0.3 is 5.97 Å². The molecule has 2 heterocycles. The van der Waals surface area contributed by atoms with Gasteiger partial charge in [0.1, 0.15) is 0 Å². The quantitative estimate of drug-likeness (QED) is 0.456. The van der Waals surface area contributed by atoms with Crippen molar-refractivity contribution in [3.05, 3.63) is 71.8 Å². The fourth-order valence-electron chi connectivity index (χ4n) is 4.25. The number of aromatic nitrogens is 2. The van der Waals surface area contributed by atoms with Crippen molar-refractivity contribution in [1.29, 1.82) is 0 Å². The molecule has 32 heavy (non-hydrogen) atoms. The maximum Gasteiger partial charge on any atom is 0.309 e. The van der Waals surface area contributed by atoms with Gasteiger partial charge in [-0.05, 0) is 39.9 Å². The normalized spacial score (nSPS) is 14.7. The number of hydrogen-bond acceptors (Lipinski definition) is 5. The van der Waals surface area contributed by atoms with Gasteiger partial charge in [-0.3, -0.25) is 9.69 Å². The van der Waals surface area contributed by atoms with Crippen molar-refractivity contribution in [2.24, 2.45) is 5.92 Å². The van der Waals surface area contributed by atoms with Crippen LogP contribution in [0.25, 0.3) is 33.6 Å². The molecule has 0 spiro atoms. The third kappa shape index (κ3) is 3.78. The number of nitrogens with zero attached hydrogens (tertiary/aromatic N) is 3. The first kappa shape index (κ1) is 20.4.